The van der Waals surface area contributed by atoms with E-state index in [-0.39, 0.29) is 26.1 Å². The summed E-state index contributed by atoms with van der Waals surface area (Å²) in [5.41, 5.74) is 0. The number of hydrogen-bond donors (Lipinski definition) is 4. The maximum atomic E-state index is 12.8. The van der Waals surface area contributed by atoms with Crippen molar-refractivity contribution >= 4 is 11.9 Å². The fourth-order valence-corrected chi connectivity index (χ4v) is 7.92. The van der Waals surface area contributed by atoms with Gasteiger partial charge in [-0.3, -0.25) is 9.59 Å². The first-order valence-corrected chi connectivity index (χ1v) is 27.0. The second kappa shape index (κ2) is 46.8. The molecule has 0 bridgehead atoms. The molecule has 1 rings (SSSR count). The van der Waals surface area contributed by atoms with Gasteiger partial charge in [-0.05, 0) is 51.4 Å². The topological polar surface area (TPSA) is 152 Å². The van der Waals surface area contributed by atoms with Crippen molar-refractivity contribution in [3.63, 3.8) is 0 Å². The van der Waals surface area contributed by atoms with Crippen molar-refractivity contribution in [1.29, 1.82) is 0 Å². The smallest absolute Gasteiger partial charge is 0.306 e. The minimum absolute atomic E-state index is 0.103. The lowest BCUT2D eigenvalue weighted by Gasteiger charge is -2.39. The van der Waals surface area contributed by atoms with Gasteiger partial charge in [-0.15, -0.1) is 0 Å². The van der Waals surface area contributed by atoms with Crippen molar-refractivity contribution in [3.05, 3.63) is 72.9 Å². The van der Waals surface area contributed by atoms with Crippen molar-refractivity contribution in [2.45, 2.75) is 256 Å². The van der Waals surface area contributed by atoms with Crippen LogP contribution in [-0.4, -0.2) is 89.0 Å². The Bertz CT molecular complexity index is 1320. The highest BCUT2D eigenvalue weighted by molar-refractivity contribution is 5.70. The highest BCUT2D eigenvalue weighted by Crippen LogP contribution is 2.23. The highest BCUT2D eigenvalue weighted by Gasteiger charge is 2.44. The normalized spacial score (nSPS) is 19.6. The van der Waals surface area contributed by atoms with E-state index < -0.39 is 55.4 Å². The third kappa shape index (κ3) is 37.7. The lowest BCUT2D eigenvalue weighted by molar-refractivity contribution is -0.305. The first kappa shape index (κ1) is 62.2. The van der Waals surface area contributed by atoms with Gasteiger partial charge < -0.3 is 39.4 Å². The summed E-state index contributed by atoms with van der Waals surface area (Å²) in [6.07, 6.45) is 53.6. The van der Waals surface area contributed by atoms with Crippen LogP contribution in [0.2, 0.25) is 0 Å². The zero-order chi connectivity index (χ0) is 48.7. The number of unbranched alkanes of at least 4 members (excludes halogenated alkanes) is 22. The standard InChI is InChI=1S/C57H98O10/c1-3-5-7-9-11-13-15-17-19-21-23-24-25-26-28-29-31-33-35-37-39-41-43-45-52(59)64-48-50(49-65-57-56(63)55(62)54(61)51(47-58)67-57)66-53(60)46-44-42-40-38-36-34-32-30-27-22-20-18-16-14-12-10-8-6-4-2/h6,8,12,14,18,20,27,30,34,36,40,42,50-51,54-58,61-63H,3-5,7,9-11,13,15-17,19,21-26,28-29,31-33,35,37-39,41,43-49H2,1-2H3/b8-6+,14-12+,20-18+,30-27+,36-34+,42-40+/t50-,51-,54+,55?,56?,57-/m0/s1. The molecule has 1 saturated heterocycles. The van der Waals surface area contributed by atoms with Crippen LogP contribution in [0.3, 0.4) is 0 Å². The average molecular weight is 943 g/mol. The summed E-state index contributed by atoms with van der Waals surface area (Å²) in [5.74, 6) is -0.900. The summed E-state index contributed by atoms with van der Waals surface area (Å²) in [6.45, 7) is 3.26. The van der Waals surface area contributed by atoms with Gasteiger partial charge in [0.2, 0.25) is 0 Å². The summed E-state index contributed by atoms with van der Waals surface area (Å²) in [7, 11) is 0. The van der Waals surface area contributed by atoms with Crippen molar-refractivity contribution < 1.29 is 49.0 Å². The molecule has 1 aliphatic heterocycles. The van der Waals surface area contributed by atoms with Gasteiger partial charge in [0.1, 0.15) is 31.0 Å². The maximum Gasteiger partial charge on any atom is 0.306 e. The Morgan fingerprint density at radius 3 is 1.30 bits per heavy atom. The van der Waals surface area contributed by atoms with Crippen LogP contribution >= 0.6 is 0 Å². The van der Waals surface area contributed by atoms with Crippen molar-refractivity contribution in [2.75, 3.05) is 19.8 Å². The van der Waals surface area contributed by atoms with Crippen LogP contribution in [0.15, 0.2) is 72.9 Å². The Balaban J connectivity index is 2.27. The maximum absolute atomic E-state index is 12.8. The molecule has 0 amide bonds. The molecule has 0 radical (unpaired) electrons. The number of aliphatic hydroxyl groups is 4. The van der Waals surface area contributed by atoms with Gasteiger partial charge in [0.25, 0.3) is 0 Å². The van der Waals surface area contributed by atoms with Crippen LogP contribution in [-0.2, 0) is 28.5 Å². The summed E-state index contributed by atoms with van der Waals surface area (Å²) in [5, 5.41) is 40.2. The van der Waals surface area contributed by atoms with E-state index in [1.807, 2.05) is 12.2 Å². The van der Waals surface area contributed by atoms with E-state index in [1.54, 1.807) is 0 Å². The minimum atomic E-state index is -1.61. The second-order valence-electron chi connectivity index (χ2n) is 18.3. The number of allylic oxidation sites excluding steroid dienone is 12. The second-order valence-corrected chi connectivity index (χ2v) is 18.3. The Morgan fingerprint density at radius 2 is 0.881 bits per heavy atom. The summed E-state index contributed by atoms with van der Waals surface area (Å²) in [6, 6.07) is 0. The molecule has 10 heteroatoms. The number of aliphatic hydroxyl groups excluding tert-OH is 4. The van der Waals surface area contributed by atoms with Crippen molar-refractivity contribution in [1.82, 2.24) is 0 Å². The third-order valence-corrected chi connectivity index (χ3v) is 12.1. The van der Waals surface area contributed by atoms with E-state index >= 15 is 0 Å². The number of carbonyl (C=O) groups is 2. The van der Waals surface area contributed by atoms with Crippen LogP contribution in [0, 0.1) is 0 Å². The fourth-order valence-electron chi connectivity index (χ4n) is 7.92. The van der Waals surface area contributed by atoms with Gasteiger partial charge in [0.05, 0.1) is 13.2 Å². The molecule has 0 spiro atoms. The predicted octanol–water partition coefficient (Wildman–Crippen LogP) is 13.1. The van der Waals surface area contributed by atoms with Crippen LogP contribution in [0.4, 0.5) is 0 Å². The van der Waals surface area contributed by atoms with E-state index in [9.17, 15) is 30.0 Å². The Kier molecular flexibility index (Phi) is 43.5. The zero-order valence-corrected chi connectivity index (χ0v) is 42.4. The van der Waals surface area contributed by atoms with Crippen molar-refractivity contribution in [2.24, 2.45) is 0 Å². The largest absolute Gasteiger partial charge is 0.462 e. The fraction of sp³-hybridized carbons (Fsp3) is 0.754. The van der Waals surface area contributed by atoms with Crippen LogP contribution in [0.1, 0.15) is 219 Å². The van der Waals surface area contributed by atoms with Gasteiger partial charge >= 0.3 is 11.9 Å². The van der Waals surface area contributed by atoms with E-state index in [1.165, 1.54) is 128 Å². The molecular formula is C57H98O10. The molecule has 0 aliphatic carbocycles. The molecule has 0 saturated carbocycles. The molecule has 1 aliphatic rings. The monoisotopic (exact) mass is 943 g/mol. The molecule has 6 atom stereocenters. The van der Waals surface area contributed by atoms with Gasteiger partial charge in [-0.25, -0.2) is 0 Å². The number of esters is 2. The average Bonchev–Trinajstić information content (AvgIpc) is 3.33. The Morgan fingerprint density at radius 1 is 0.478 bits per heavy atom. The SMILES string of the molecule is CC/C=C/C/C=C/C/C=C/C/C=C/C/C=C/C/C=C/CCC(=O)O[C@@H](COC(=O)CCCCCCCCCCCCCCCCCCCCCCCCC)CO[C@H]1O[C@@H](CO)[C@@H](O)C(O)C1O. The minimum Gasteiger partial charge on any atom is -0.462 e. The lowest BCUT2D eigenvalue weighted by atomic mass is 9.99. The van der Waals surface area contributed by atoms with E-state index in [4.69, 9.17) is 18.9 Å². The molecule has 0 aromatic rings. The van der Waals surface area contributed by atoms with E-state index in [0.29, 0.717) is 6.42 Å². The molecule has 67 heavy (non-hydrogen) atoms. The number of hydrogen-bond acceptors (Lipinski definition) is 10. The zero-order valence-electron chi connectivity index (χ0n) is 42.4. The molecule has 0 aromatic carbocycles. The van der Waals surface area contributed by atoms with E-state index in [0.717, 1.165) is 57.8 Å². The summed E-state index contributed by atoms with van der Waals surface area (Å²) in [4.78, 5) is 25.5. The predicted molar refractivity (Wildman–Crippen MR) is 274 cm³/mol. The summed E-state index contributed by atoms with van der Waals surface area (Å²) < 4.78 is 22.2. The molecule has 1 fully saturated rings. The number of carbonyl (C=O) groups excluding carboxylic acids is 2. The summed E-state index contributed by atoms with van der Waals surface area (Å²) >= 11 is 0. The van der Waals surface area contributed by atoms with E-state index in [2.05, 4.69) is 74.6 Å². The number of ether oxygens (including phenoxy) is 4. The molecule has 4 N–H and O–H groups in total. The Labute approximate surface area is 408 Å². The van der Waals surface area contributed by atoms with Gasteiger partial charge in [0.15, 0.2) is 12.4 Å². The highest BCUT2D eigenvalue weighted by atomic mass is 16.7. The molecule has 0 aromatic heterocycles. The van der Waals surface area contributed by atoms with Gasteiger partial charge in [0, 0.05) is 12.8 Å². The molecular weight excluding hydrogens is 845 g/mol. The van der Waals surface area contributed by atoms with Crippen LogP contribution in [0.25, 0.3) is 0 Å². The first-order chi connectivity index (χ1) is 32.8. The number of rotatable bonds is 45. The van der Waals surface area contributed by atoms with Gasteiger partial charge in [-0.1, -0.05) is 228 Å². The quantitative estimate of drug-likeness (QED) is 0.0264. The van der Waals surface area contributed by atoms with Crippen molar-refractivity contribution in [3.8, 4) is 0 Å². The molecule has 10 nitrogen and oxygen atoms in total. The lowest BCUT2D eigenvalue weighted by Crippen LogP contribution is -2.59. The third-order valence-electron chi connectivity index (χ3n) is 12.1. The first-order valence-electron chi connectivity index (χ1n) is 27.0. The van der Waals surface area contributed by atoms with Crippen LogP contribution < -0.4 is 0 Å². The van der Waals surface area contributed by atoms with Gasteiger partial charge in [-0.2, -0.15) is 0 Å². The molecule has 1 heterocycles. The Hall–Kier alpha value is -2.86. The molecule has 2 unspecified atom stereocenters. The van der Waals surface area contributed by atoms with Crippen LogP contribution in [0.5, 0.6) is 0 Å². The molecule has 386 valence electrons.